The fraction of sp³-hybridized carbons (Fsp3) is 0.571. The molecule has 132 valence electrons. The Kier molecular flexibility index (Phi) is 6.16. The maximum absolute atomic E-state index is 11.7. The highest BCUT2D eigenvalue weighted by Crippen LogP contribution is 2.14. The van der Waals surface area contributed by atoms with Gasteiger partial charge in [0.15, 0.2) is 21.6 Å². The molecule has 1 aliphatic rings. The Balaban J connectivity index is 1.70. The minimum atomic E-state index is -3.06. The van der Waals surface area contributed by atoms with Crippen molar-refractivity contribution in [3.05, 3.63) is 17.5 Å². The van der Waals surface area contributed by atoms with Gasteiger partial charge >= 0.3 is 5.97 Å². The molecule has 1 amide bonds. The highest BCUT2D eigenvalue weighted by Gasteiger charge is 2.29. The number of ether oxygens (including phenoxy) is 1. The van der Waals surface area contributed by atoms with Crippen LogP contribution in [0.15, 0.2) is 11.2 Å². The van der Waals surface area contributed by atoms with Crippen LogP contribution in [0.1, 0.15) is 17.8 Å². The van der Waals surface area contributed by atoms with Gasteiger partial charge in [0.2, 0.25) is 0 Å². The van der Waals surface area contributed by atoms with Gasteiger partial charge in [0.05, 0.1) is 17.3 Å². The fourth-order valence-corrected chi connectivity index (χ4v) is 4.67. The van der Waals surface area contributed by atoms with Gasteiger partial charge < -0.3 is 10.1 Å². The molecule has 1 unspecified atom stereocenters. The first-order valence-electron chi connectivity index (χ1n) is 7.34. The van der Waals surface area contributed by atoms with Gasteiger partial charge in [-0.15, -0.1) is 0 Å². The standard InChI is InChI=1S/C14H19N3O5S2/c1-9-5-10(2)16-14(15-9)23-7-13(19)22-6-12(18)17-11-3-4-24(20,21)8-11/h5,11H,3-4,6-8H2,1-2H3,(H,17,18). The van der Waals surface area contributed by atoms with Crippen LogP contribution in [0, 0.1) is 13.8 Å². The van der Waals surface area contributed by atoms with Gasteiger partial charge in [0.25, 0.3) is 5.91 Å². The Hall–Kier alpha value is -1.68. The SMILES string of the molecule is Cc1cc(C)nc(SCC(=O)OCC(=O)NC2CCS(=O)(=O)C2)n1. The lowest BCUT2D eigenvalue weighted by molar-refractivity contribution is -0.146. The fourth-order valence-electron chi connectivity index (χ4n) is 2.25. The van der Waals surface area contributed by atoms with Crippen molar-refractivity contribution in [3.63, 3.8) is 0 Å². The molecule has 2 heterocycles. The molecule has 0 bridgehead atoms. The number of nitrogens with zero attached hydrogens (tertiary/aromatic N) is 2. The Labute approximate surface area is 144 Å². The number of hydrogen-bond acceptors (Lipinski definition) is 8. The number of carbonyl (C=O) groups excluding carboxylic acids is 2. The number of aryl methyl sites for hydroxylation is 2. The van der Waals surface area contributed by atoms with Crippen molar-refractivity contribution < 1.29 is 22.7 Å². The van der Waals surface area contributed by atoms with E-state index in [0.29, 0.717) is 11.6 Å². The van der Waals surface area contributed by atoms with Crippen molar-refractivity contribution in [2.75, 3.05) is 23.9 Å². The average Bonchev–Trinajstić information content (AvgIpc) is 2.81. The quantitative estimate of drug-likeness (QED) is 0.422. The number of hydrogen-bond donors (Lipinski definition) is 1. The van der Waals surface area contributed by atoms with Crippen molar-refractivity contribution in [1.82, 2.24) is 15.3 Å². The zero-order valence-electron chi connectivity index (χ0n) is 13.4. The topological polar surface area (TPSA) is 115 Å². The Morgan fingerprint density at radius 1 is 1.33 bits per heavy atom. The number of thioether (sulfide) groups is 1. The van der Waals surface area contributed by atoms with Gasteiger partial charge in [-0.1, -0.05) is 11.8 Å². The Bertz CT molecular complexity index is 716. The molecule has 0 aromatic carbocycles. The minimum Gasteiger partial charge on any atom is -0.455 e. The summed E-state index contributed by atoms with van der Waals surface area (Å²) >= 11 is 1.13. The van der Waals surface area contributed by atoms with Crippen molar-refractivity contribution in [2.45, 2.75) is 31.5 Å². The molecule has 1 saturated heterocycles. The molecule has 0 aliphatic carbocycles. The van der Waals surface area contributed by atoms with Gasteiger partial charge in [-0.05, 0) is 26.3 Å². The number of sulfone groups is 1. The van der Waals surface area contributed by atoms with E-state index in [2.05, 4.69) is 15.3 Å². The summed E-state index contributed by atoms with van der Waals surface area (Å²) in [6.07, 6.45) is 0.391. The van der Waals surface area contributed by atoms with Crippen molar-refractivity contribution >= 4 is 33.5 Å². The highest BCUT2D eigenvalue weighted by molar-refractivity contribution is 7.99. The Morgan fingerprint density at radius 3 is 2.58 bits per heavy atom. The summed E-state index contributed by atoms with van der Waals surface area (Å²) in [5.74, 6) is -1.06. The third-order valence-electron chi connectivity index (χ3n) is 3.24. The van der Waals surface area contributed by atoms with E-state index in [1.165, 1.54) is 0 Å². The molecule has 1 aromatic heterocycles. The minimum absolute atomic E-state index is 0.00597. The zero-order valence-corrected chi connectivity index (χ0v) is 15.1. The second-order valence-electron chi connectivity index (χ2n) is 5.55. The first kappa shape index (κ1) is 18.7. The zero-order chi connectivity index (χ0) is 17.7. The van der Waals surface area contributed by atoms with Crippen LogP contribution < -0.4 is 5.32 Å². The molecule has 10 heteroatoms. The molecule has 0 radical (unpaired) electrons. The number of rotatable bonds is 6. The van der Waals surface area contributed by atoms with Gasteiger partial charge in [-0.25, -0.2) is 18.4 Å². The van der Waals surface area contributed by atoms with Crippen LogP contribution in [0.3, 0.4) is 0 Å². The van der Waals surface area contributed by atoms with E-state index in [1.807, 2.05) is 19.9 Å². The Morgan fingerprint density at radius 2 is 2.00 bits per heavy atom. The van der Waals surface area contributed by atoms with Gasteiger partial charge in [-0.2, -0.15) is 0 Å². The van der Waals surface area contributed by atoms with E-state index in [9.17, 15) is 18.0 Å². The third kappa shape index (κ3) is 6.08. The summed E-state index contributed by atoms with van der Waals surface area (Å²) in [4.78, 5) is 31.7. The van der Waals surface area contributed by atoms with Crippen LogP contribution in [0.25, 0.3) is 0 Å². The van der Waals surface area contributed by atoms with Crippen molar-refractivity contribution in [3.8, 4) is 0 Å². The van der Waals surface area contributed by atoms with E-state index in [1.54, 1.807) is 0 Å². The summed E-state index contributed by atoms with van der Waals surface area (Å²) in [5.41, 5.74) is 1.62. The number of esters is 1. The molecule has 24 heavy (non-hydrogen) atoms. The van der Waals surface area contributed by atoms with Gasteiger partial charge in [0.1, 0.15) is 0 Å². The summed E-state index contributed by atoms with van der Waals surface area (Å²) < 4.78 is 27.5. The third-order valence-corrected chi connectivity index (χ3v) is 5.83. The normalized spacial score (nSPS) is 19.0. The summed E-state index contributed by atoms with van der Waals surface area (Å²) in [5, 5.41) is 3.03. The predicted octanol–water partition coefficient (Wildman–Crippen LogP) is 0.0320. The van der Waals surface area contributed by atoms with Gasteiger partial charge in [-0.3, -0.25) is 9.59 Å². The molecule has 0 spiro atoms. The lowest BCUT2D eigenvalue weighted by Crippen LogP contribution is -2.38. The number of aromatic nitrogens is 2. The van der Waals surface area contributed by atoms with Crippen LogP contribution in [0.2, 0.25) is 0 Å². The number of amides is 1. The van der Waals surface area contributed by atoms with E-state index in [-0.39, 0.29) is 17.3 Å². The lowest BCUT2D eigenvalue weighted by Gasteiger charge is -2.10. The van der Waals surface area contributed by atoms with Crippen LogP contribution >= 0.6 is 11.8 Å². The largest absolute Gasteiger partial charge is 0.455 e. The maximum atomic E-state index is 11.7. The molecule has 2 rings (SSSR count). The smallest absolute Gasteiger partial charge is 0.316 e. The average molecular weight is 373 g/mol. The lowest BCUT2D eigenvalue weighted by atomic mass is 10.2. The van der Waals surface area contributed by atoms with Crippen LogP contribution in [0.4, 0.5) is 0 Å². The van der Waals surface area contributed by atoms with Gasteiger partial charge in [0, 0.05) is 17.4 Å². The second-order valence-corrected chi connectivity index (χ2v) is 8.72. The van der Waals surface area contributed by atoms with Crippen LogP contribution in [-0.2, 0) is 24.2 Å². The highest BCUT2D eigenvalue weighted by atomic mass is 32.2. The number of nitrogens with one attached hydrogen (secondary N) is 1. The second kappa shape index (κ2) is 7.93. The molecule has 1 N–H and O–H groups in total. The molecule has 1 atom stereocenters. The van der Waals surface area contributed by atoms with E-state index >= 15 is 0 Å². The maximum Gasteiger partial charge on any atom is 0.316 e. The first-order valence-corrected chi connectivity index (χ1v) is 10.1. The van der Waals surface area contributed by atoms with E-state index < -0.39 is 34.4 Å². The summed E-state index contributed by atoms with van der Waals surface area (Å²) in [6, 6.07) is 1.43. The van der Waals surface area contributed by atoms with Crippen LogP contribution in [-0.4, -0.2) is 60.2 Å². The van der Waals surface area contributed by atoms with E-state index in [0.717, 1.165) is 23.1 Å². The molecule has 1 aromatic rings. The molecular formula is C14H19N3O5S2. The van der Waals surface area contributed by atoms with Crippen molar-refractivity contribution in [1.29, 1.82) is 0 Å². The van der Waals surface area contributed by atoms with E-state index in [4.69, 9.17) is 4.74 Å². The molecule has 1 aliphatic heterocycles. The van der Waals surface area contributed by atoms with Crippen molar-refractivity contribution in [2.24, 2.45) is 0 Å². The molecule has 1 fully saturated rings. The summed E-state index contributed by atoms with van der Waals surface area (Å²) in [7, 11) is -3.06. The molecule has 8 nitrogen and oxygen atoms in total. The summed E-state index contributed by atoms with van der Waals surface area (Å²) in [6.45, 7) is 3.25. The molecule has 0 saturated carbocycles. The number of carbonyl (C=O) groups is 2. The predicted molar refractivity (Wildman–Crippen MR) is 88.4 cm³/mol. The molecular weight excluding hydrogens is 354 g/mol. The monoisotopic (exact) mass is 373 g/mol. The first-order chi connectivity index (χ1) is 11.2. The van der Waals surface area contributed by atoms with Crippen LogP contribution in [0.5, 0.6) is 0 Å².